The Morgan fingerprint density at radius 2 is 2.15 bits per heavy atom. The molecule has 0 saturated heterocycles. The summed E-state index contributed by atoms with van der Waals surface area (Å²) in [5.41, 5.74) is 1.08. The van der Waals surface area contributed by atoms with Crippen LogP contribution in [0.4, 0.5) is 0 Å². The van der Waals surface area contributed by atoms with Crippen LogP contribution in [0.3, 0.4) is 0 Å². The molecule has 0 radical (unpaired) electrons. The monoisotopic (exact) mass is 296 g/mol. The summed E-state index contributed by atoms with van der Waals surface area (Å²) < 4.78 is 0. The number of rotatable bonds is 8. The molecule has 0 heterocycles. The summed E-state index contributed by atoms with van der Waals surface area (Å²) in [6.07, 6.45) is 1.47. The molecular formula is C16H25ClN2O. The first-order valence-electron chi connectivity index (χ1n) is 7.28. The third kappa shape index (κ3) is 6.40. The van der Waals surface area contributed by atoms with Crippen LogP contribution in [0.5, 0.6) is 0 Å². The minimum atomic E-state index is 0.207. The van der Waals surface area contributed by atoms with E-state index in [9.17, 15) is 4.79 Å². The summed E-state index contributed by atoms with van der Waals surface area (Å²) in [5, 5.41) is 4.04. The molecule has 0 fully saturated rings. The Bertz CT molecular complexity index is 421. The first-order chi connectivity index (χ1) is 9.52. The molecule has 4 heteroatoms. The topological polar surface area (TPSA) is 32.3 Å². The van der Waals surface area contributed by atoms with Gasteiger partial charge in [-0.15, -0.1) is 0 Å². The van der Waals surface area contributed by atoms with Crippen LogP contribution in [0.15, 0.2) is 24.3 Å². The maximum atomic E-state index is 12.2. The number of nitrogens with one attached hydrogen (secondary N) is 1. The fourth-order valence-corrected chi connectivity index (χ4v) is 2.23. The second-order valence-corrected chi connectivity index (χ2v) is 5.69. The van der Waals surface area contributed by atoms with Gasteiger partial charge in [0.2, 0.25) is 5.91 Å². The van der Waals surface area contributed by atoms with Gasteiger partial charge < -0.3 is 10.2 Å². The van der Waals surface area contributed by atoms with Crippen molar-refractivity contribution < 1.29 is 4.79 Å². The predicted octanol–water partition coefficient (Wildman–Crippen LogP) is 3.47. The van der Waals surface area contributed by atoms with Crippen LogP contribution in [0.25, 0.3) is 0 Å². The molecule has 0 unspecified atom stereocenters. The number of benzene rings is 1. The number of hydrogen-bond donors (Lipinski definition) is 1. The standard InChI is InChI=1S/C16H25ClN2O/c1-4-19(12-14-7-5-8-15(17)11-14)16(20)9-6-10-18-13(2)3/h5,7-8,11,13,18H,4,6,9-10,12H2,1-3H3. The van der Waals surface area contributed by atoms with Crippen molar-refractivity contribution in [3.63, 3.8) is 0 Å². The lowest BCUT2D eigenvalue weighted by molar-refractivity contribution is -0.131. The predicted molar refractivity (Wildman–Crippen MR) is 84.9 cm³/mol. The summed E-state index contributed by atoms with van der Waals surface area (Å²) in [6.45, 7) is 8.47. The highest BCUT2D eigenvalue weighted by molar-refractivity contribution is 6.30. The first-order valence-corrected chi connectivity index (χ1v) is 7.66. The van der Waals surface area contributed by atoms with Gasteiger partial charge in [0.05, 0.1) is 0 Å². The zero-order valence-electron chi connectivity index (χ0n) is 12.7. The molecule has 0 atom stereocenters. The minimum Gasteiger partial charge on any atom is -0.339 e. The molecule has 0 aliphatic heterocycles. The average molecular weight is 297 g/mol. The third-order valence-corrected chi connectivity index (χ3v) is 3.35. The summed E-state index contributed by atoms with van der Waals surface area (Å²) >= 11 is 5.97. The van der Waals surface area contributed by atoms with Gasteiger partial charge in [-0.2, -0.15) is 0 Å². The lowest BCUT2D eigenvalue weighted by Gasteiger charge is -2.21. The van der Waals surface area contributed by atoms with Gasteiger partial charge in [-0.05, 0) is 37.6 Å². The van der Waals surface area contributed by atoms with Gasteiger partial charge in [0.25, 0.3) is 0 Å². The van der Waals surface area contributed by atoms with Crippen molar-refractivity contribution in [1.82, 2.24) is 10.2 Å². The van der Waals surface area contributed by atoms with Crippen molar-refractivity contribution in [2.75, 3.05) is 13.1 Å². The molecule has 0 aliphatic rings. The Morgan fingerprint density at radius 3 is 2.75 bits per heavy atom. The molecular weight excluding hydrogens is 272 g/mol. The van der Waals surface area contributed by atoms with Crippen molar-refractivity contribution >= 4 is 17.5 Å². The Balaban J connectivity index is 2.43. The van der Waals surface area contributed by atoms with E-state index in [-0.39, 0.29) is 5.91 Å². The van der Waals surface area contributed by atoms with E-state index in [1.54, 1.807) is 0 Å². The van der Waals surface area contributed by atoms with Gasteiger partial charge in [-0.3, -0.25) is 4.79 Å². The molecule has 1 amide bonds. The van der Waals surface area contributed by atoms with Crippen molar-refractivity contribution in [1.29, 1.82) is 0 Å². The molecule has 0 spiro atoms. The van der Waals surface area contributed by atoms with E-state index >= 15 is 0 Å². The second-order valence-electron chi connectivity index (χ2n) is 5.25. The minimum absolute atomic E-state index is 0.207. The maximum absolute atomic E-state index is 12.2. The smallest absolute Gasteiger partial charge is 0.222 e. The molecule has 0 bridgehead atoms. The average Bonchev–Trinajstić information content (AvgIpc) is 2.40. The van der Waals surface area contributed by atoms with E-state index in [1.807, 2.05) is 36.1 Å². The maximum Gasteiger partial charge on any atom is 0.222 e. The summed E-state index contributed by atoms with van der Waals surface area (Å²) in [4.78, 5) is 14.0. The molecule has 3 nitrogen and oxygen atoms in total. The van der Waals surface area contributed by atoms with E-state index in [4.69, 9.17) is 11.6 Å². The highest BCUT2D eigenvalue weighted by Gasteiger charge is 2.11. The molecule has 112 valence electrons. The molecule has 0 saturated carbocycles. The lowest BCUT2D eigenvalue weighted by Crippen LogP contribution is -2.31. The highest BCUT2D eigenvalue weighted by Crippen LogP contribution is 2.13. The van der Waals surface area contributed by atoms with Crippen LogP contribution in [0, 0.1) is 0 Å². The van der Waals surface area contributed by atoms with Crippen LogP contribution in [0.2, 0.25) is 5.02 Å². The Hall–Kier alpha value is -1.06. The lowest BCUT2D eigenvalue weighted by atomic mass is 10.2. The zero-order chi connectivity index (χ0) is 15.0. The molecule has 1 N–H and O–H groups in total. The largest absolute Gasteiger partial charge is 0.339 e. The van der Waals surface area contributed by atoms with Crippen LogP contribution in [-0.4, -0.2) is 29.9 Å². The van der Waals surface area contributed by atoms with Crippen molar-refractivity contribution in [3.8, 4) is 0 Å². The van der Waals surface area contributed by atoms with Crippen molar-refractivity contribution in [3.05, 3.63) is 34.9 Å². The molecule has 1 aromatic rings. The van der Waals surface area contributed by atoms with Crippen molar-refractivity contribution in [2.45, 2.75) is 46.2 Å². The summed E-state index contributed by atoms with van der Waals surface area (Å²) in [7, 11) is 0. The van der Waals surface area contributed by atoms with E-state index in [1.165, 1.54) is 0 Å². The number of hydrogen-bond acceptors (Lipinski definition) is 2. The van der Waals surface area contributed by atoms with E-state index in [2.05, 4.69) is 19.2 Å². The fourth-order valence-electron chi connectivity index (χ4n) is 2.02. The Labute approximate surface area is 127 Å². The Morgan fingerprint density at radius 1 is 1.40 bits per heavy atom. The van der Waals surface area contributed by atoms with Gasteiger partial charge in [-0.25, -0.2) is 0 Å². The van der Waals surface area contributed by atoms with E-state index in [0.717, 1.165) is 25.1 Å². The molecule has 1 aromatic carbocycles. The third-order valence-electron chi connectivity index (χ3n) is 3.12. The number of nitrogens with zero attached hydrogens (tertiary/aromatic N) is 1. The van der Waals surface area contributed by atoms with Crippen LogP contribution in [0.1, 0.15) is 39.2 Å². The first kappa shape index (κ1) is 17.0. The van der Waals surface area contributed by atoms with E-state index < -0.39 is 0 Å². The summed E-state index contributed by atoms with van der Waals surface area (Å²) in [5.74, 6) is 0.207. The van der Waals surface area contributed by atoms with Crippen LogP contribution < -0.4 is 5.32 Å². The van der Waals surface area contributed by atoms with E-state index in [0.29, 0.717) is 24.0 Å². The zero-order valence-corrected chi connectivity index (χ0v) is 13.4. The number of halogens is 1. The van der Waals surface area contributed by atoms with Crippen LogP contribution in [-0.2, 0) is 11.3 Å². The number of carbonyl (C=O) groups excluding carboxylic acids is 1. The molecule has 20 heavy (non-hydrogen) atoms. The quantitative estimate of drug-likeness (QED) is 0.745. The SMILES string of the molecule is CCN(Cc1cccc(Cl)c1)C(=O)CCCNC(C)C. The van der Waals surface area contributed by atoms with Gasteiger partial charge in [0, 0.05) is 30.6 Å². The molecule has 0 aromatic heterocycles. The number of amides is 1. The molecule has 0 aliphatic carbocycles. The number of carbonyl (C=O) groups is 1. The normalized spacial score (nSPS) is 10.8. The van der Waals surface area contributed by atoms with Crippen molar-refractivity contribution in [2.24, 2.45) is 0 Å². The highest BCUT2D eigenvalue weighted by atomic mass is 35.5. The second kappa shape index (κ2) is 8.98. The Kier molecular flexibility index (Phi) is 7.63. The summed E-state index contributed by atoms with van der Waals surface area (Å²) in [6, 6.07) is 8.15. The van der Waals surface area contributed by atoms with Crippen LogP contribution >= 0.6 is 11.6 Å². The van der Waals surface area contributed by atoms with Gasteiger partial charge in [0.1, 0.15) is 0 Å². The fraction of sp³-hybridized carbons (Fsp3) is 0.562. The molecule has 1 rings (SSSR count). The van der Waals surface area contributed by atoms with Gasteiger partial charge >= 0.3 is 0 Å². The van der Waals surface area contributed by atoms with Gasteiger partial charge in [-0.1, -0.05) is 37.6 Å². The van der Waals surface area contributed by atoms with Gasteiger partial charge in [0.15, 0.2) is 0 Å².